The monoisotopic (exact) mass is 314 g/mol. The van der Waals surface area contributed by atoms with E-state index in [0.29, 0.717) is 11.4 Å². The third-order valence-electron chi connectivity index (χ3n) is 2.94. The maximum absolute atomic E-state index is 11.9. The van der Waals surface area contributed by atoms with E-state index in [0.717, 1.165) is 6.26 Å². The van der Waals surface area contributed by atoms with E-state index in [4.69, 9.17) is 4.74 Å². The maximum Gasteiger partial charge on any atom is 0.225 e. The van der Waals surface area contributed by atoms with Crippen LogP contribution in [0, 0.1) is 0 Å². The molecule has 0 atom stereocenters. The van der Waals surface area contributed by atoms with Crippen LogP contribution in [0.4, 0.5) is 5.69 Å². The van der Waals surface area contributed by atoms with Crippen molar-refractivity contribution in [3.63, 3.8) is 0 Å². The first-order valence-electron chi connectivity index (χ1n) is 6.65. The fraction of sp³-hybridized carbons (Fsp3) is 0.500. The number of benzene rings is 1. The minimum atomic E-state index is -3.32. The molecule has 1 N–H and O–H groups in total. The number of amides is 1. The molecule has 0 saturated heterocycles. The van der Waals surface area contributed by atoms with Gasteiger partial charge in [-0.2, -0.15) is 4.31 Å². The van der Waals surface area contributed by atoms with E-state index in [-0.39, 0.29) is 24.9 Å². The maximum atomic E-state index is 11.9. The van der Waals surface area contributed by atoms with E-state index in [1.54, 1.807) is 38.1 Å². The van der Waals surface area contributed by atoms with Crippen LogP contribution in [0.25, 0.3) is 0 Å². The van der Waals surface area contributed by atoms with Gasteiger partial charge in [0.15, 0.2) is 0 Å². The molecular formula is C14H22N2O4S. The van der Waals surface area contributed by atoms with Gasteiger partial charge in [0.1, 0.15) is 5.75 Å². The molecule has 0 heterocycles. The Morgan fingerprint density at radius 1 is 1.33 bits per heavy atom. The molecule has 6 nitrogen and oxygen atoms in total. The zero-order chi connectivity index (χ0) is 16.0. The van der Waals surface area contributed by atoms with E-state index in [9.17, 15) is 13.2 Å². The molecule has 0 aromatic heterocycles. The van der Waals surface area contributed by atoms with Gasteiger partial charge in [-0.25, -0.2) is 8.42 Å². The highest BCUT2D eigenvalue weighted by Crippen LogP contribution is 2.23. The second kappa shape index (κ2) is 7.42. The Bertz CT molecular complexity index is 584. The fourth-order valence-corrected chi connectivity index (χ4v) is 3.17. The zero-order valence-corrected chi connectivity index (χ0v) is 13.6. The number of carbonyl (C=O) groups is 1. The van der Waals surface area contributed by atoms with E-state index < -0.39 is 10.0 Å². The molecule has 0 radical (unpaired) electrons. The standard InChI is InChI=1S/C14H22N2O4S/c1-11(2)16(21(4,18)19)10-9-14(17)15-12-7-5-6-8-13(12)20-3/h5-8,11H,9-10H2,1-4H3,(H,15,17). The van der Waals surface area contributed by atoms with Gasteiger partial charge in [0.25, 0.3) is 0 Å². The number of sulfonamides is 1. The smallest absolute Gasteiger partial charge is 0.225 e. The van der Waals surface area contributed by atoms with Crippen molar-refractivity contribution < 1.29 is 17.9 Å². The van der Waals surface area contributed by atoms with E-state index in [1.807, 2.05) is 0 Å². The fourth-order valence-electron chi connectivity index (χ4n) is 1.98. The van der Waals surface area contributed by atoms with Crippen molar-refractivity contribution in [3.05, 3.63) is 24.3 Å². The second-order valence-electron chi connectivity index (χ2n) is 4.97. The van der Waals surface area contributed by atoms with Crippen LogP contribution < -0.4 is 10.1 Å². The average Bonchev–Trinajstić information content (AvgIpc) is 2.37. The van der Waals surface area contributed by atoms with Gasteiger partial charge in [0.2, 0.25) is 15.9 Å². The Morgan fingerprint density at radius 3 is 2.48 bits per heavy atom. The van der Waals surface area contributed by atoms with Gasteiger partial charge in [0.05, 0.1) is 19.1 Å². The topological polar surface area (TPSA) is 75.7 Å². The molecule has 0 spiro atoms. The Kier molecular flexibility index (Phi) is 6.17. The molecular weight excluding hydrogens is 292 g/mol. The lowest BCUT2D eigenvalue weighted by Crippen LogP contribution is -2.38. The van der Waals surface area contributed by atoms with Gasteiger partial charge >= 0.3 is 0 Å². The van der Waals surface area contributed by atoms with Crippen molar-refractivity contribution in [1.29, 1.82) is 0 Å². The van der Waals surface area contributed by atoms with Crippen molar-refractivity contribution in [2.75, 3.05) is 25.2 Å². The van der Waals surface area contributed by atoms with Gasteiger partial charge in [-0.3, -0.25) is 4.79 Å². The lowest BCUT2D eigenvalue weighted by Gasteiger charge is -2.23. The highest BCUT2D eigenvalue weighted by molar-refractivity contribution is 7.88. The number of rotatable bonds is 7. The Morgan fingerprint density at radius 2 is 1.95 bits per heavy atom. The molecule has 1 aromatic rings. The molecule has 0 fully saturated rings. The summed E-state index contributed by atoms with van der Waals surface area (Å²) in [6.07, 6.45) is 1.23. The van der Waals surface area contributed by atoms with Gasteiger partial charge < -0.3 is 10.1 Å². The predicted molar refractivity (Wildman–Crippen MR) is 82.9 cm³/mol. The van der Waals surface area contributed by atoms with Crippen molar-refractivity contribution >= 4 is 21.6 Å². The van der Waals surface area contributed by atoms with Crippen LogP contribution in [-0.4, -0.2) is 44.6 Å². The summed E-state index contributed by atoms with van der Waals surface area (Å²) in [6, 6.07) is 6.88. The number of hydrogen-bond acceptors (Lipinski definition) is 4. The summed E-state index contributed by atoms with van der Waals surface area (Å²) in [7, 11) is -1.79. The lowest BCUT2D eigenvalue weighted by atomic mass is 10.2. The van der Waals surface area contributed by atoms with E-state index in [1.165, 1.54) is 11.4 Å². The highest BCUT2D eigenvalue weighted by Gasteiger charge is 2.21. The van der Waals surface area contributed by atoms with Crippen molar-refractivity contribution in [3.8, 4) is 5.75 Å². The number of methoxy groups -OCH3 is 1. The molecule has 21 heavy (non-hydrogen) atoms. The first kappa shape index (κ1) is 17.5. The summed E-state index contributed by atoms with van der Waals surface area (Å²) in [6.45, 7) is 3.70. The molecule has 1 amide bonds. The summed E-state index contributed by atoms with van der Waals surface area (Å²) >= 11 is 0. The predicted octanol–water partition coefficient (Wildman–Crippen LogP) is 1.69. The van der Waals surface area contributed by atoms with E-state index in [2.05, 4.69) is 5.32 Å². The van der Waals surface area contributed by atoms with Gasteiger partial charge in [-0.15, -0.1) is 0 Å². The molecule has 1 rings (SSSR count). The molecule has 118 valence electrons. The molecule has 0 aliphatic carbocycles. The average molecular weight is 314 g/mol. The number of hydrogen-bond donors (Lipinski definition) is 1. The van der Waals surface area contributed by atoms with Crippen molar-refractivity contribution in [1.82, 2.24) is 4.31 Å². The Hall–Kier alpha value is -1.60. The third-order valence-corrected chi connectivity index (χ3v) is 4.40. The molecule has 0 aliphatic rings. The number of ether oxygens (including phenoxy) is 1. The summed E-state index contributed by atoms with van der Waals surface area (Å²) in [5.74, 6) is 0.309. The van der Waals surface area contributed by atoms with Crippen molar-refractivity contribution in [2.45, 2.75) is 26.3 Å². The van der Waals surface area contributed by atoms with Crippen LogP contribution >= 0.6 is 0 Å². The molecule has 0 bridgehead atoms. The Labute approximate surface area is 126 Å². The number of anilines is 1. The largest absolute Gasteiger partial charge is 0.495 e. The van der Waals surface area contributed by atoms with Crippen LogP contribution in [0.15, 0.2) is 24.3 Å². The van der Waals surface area contributed by atoms with Crippen LogP contribution in [-0.2, 0) is 14.8 Å². The van der Waals surface area contributed by atoms with Crippen LogP contribution in [0.3, 0.4) is 0 Å². The van der Waals surface area contributed by atoms with Crippen LogP contribution in [0.1, 0.15) is 20.3 Å². The van der Waals surface area contributed by atoms with Crippen LogP contribution in [0.2, 0.25) is 0 Å². The summed E-state index contributed by atoms with van der Waals surface area (Å²) < 4.78 is 29.7. The quantitative estimate of drug-likeness (QED) is 0.831. The normalized spacial score (nSPS) is 11.7. The minimum absolute atomic E-state index is 0.0866. The third kappa shape index (κ3) is 5.35. The molecule has 1 aromatic carbocycles. The molecule has 7 heteroatoms. The number of nitrogens with one attached hydrogen (secondary N) is 1. The zero-order valence-electron chi connectivity index (χ0n) is 12.8. The molecule has 0 aliphatic heterocycles. The number of para-hydroxylation sites is 2. The molecule has 0 saturated carbocycles. The summed E-state index contributed by atoms with van der Waals surface area (Å²) in [4.78, 5) is 11.9. The Balaban J connectivity index is 2.66. The summed E-state index contributed by atoms with van der Waals surface area (Å²) in [5.41, 5.74) is 0.570. The molecule has 0 unspecified atom stereocenters. The number of nitrogens with zero attached hydrogens (tertiary/aromatic N) is 1. The SMILES string of the molecule is COc1ccccc1NC(=O)CCN(C(C)C)S(C)(=O)=O. The first-order valence-corrected chi connectivity index (χ1v) is 8.50. The second-order valence-corrected chi connectivity index (χ2v) is 6.90. The van der Waals surface area contributed by atoms with Gasteiger partial charge in [-0.1, -0.05) is 12.1 Å². The van der Waals surface area contributed by atoms with E-state index >= 15 is 0 Å². The van der Waals surface area contributed by atoms with Gasteiger partial charge in [-0.05, 0) is 26.0 Å². The van der Waals surface area contributed by atoms with Crippen LogP contribution in [0.5, 0.6) is 5.75 Å². The first-order chi connectivity index (χ1) is 9.75. The highest BCUT2D eigenvalue weighted by atomic mass is 32.2. The minimum Gasteiger partial charge on any atom is -0.495 e. The lowest BCUT2D eigenvalue weighted by molar-refractivity contribution is -0.116. The van der Waals surface area contributed by atoms with Crippen molar-refractivity contribution in [2.24, 2.45) is 0 Å². The summed E-state index contributed by atoms with van der Waals surface area (Å²) in [5, 5.41) is 2.72. The van der Waals surface area contributed by atoms with Gasteiger partial charge in [0, 0.05) is 19.0 Å². The number of carbonyl (C=O) groups excluding carboxylic acids is 1.